The Balaban J connectivity index is 0.000000204. The van der Waals surface area contributed by atoms with E-state index in [2.05, 4.69) is 24.5 Å². The fourth-order valence-corrected chi connectivity index (χ4v) is 3.20. The van der Waals surface area contributed by atoms with E-state index in [0.717, 1.165) is 12.8 Å². The van der Waals surface area contributed by atoms with Crippen molar-refractivity contribution in [2.24, 2.45) is 10.8 Å². The van der Waals surface area contributed by atoms with Crippen LogP contribution in [0, 0.1) is 10.8 Å². The van der Waals surface area contributed by atoms with Gasteiger partial charge in [0.2, 0.25) is 11.8 Å². The van der Waals surface area contributed by atoms with Crippen molar-refractivity contribution in [1.29, 1.82) is 0 Å². The maximum absolute atomic E-state index is 11.2. The Hall–Kier alpha value is -0.900. The molecular weight excluding hydrogens is 252 g/mol. The summed E-state index contributed by atoms with van der Waals surface area (Å²) in [7, 11) is 0. The molecule has 2 rings (SSSR count). The number of rotatable bonds is 4. The second kappa shape index (κ2) is 7.21. The average Bonchev–Trinajstić information content (AvgIpc) is 2.86. The zero-order valence-corrected chi connectivity index (χ0v) is 13.5. The van der Waals surface area contributed by atoms with Crippen LogP contribution in [0.5, 0.6) is 0 Å². The fourth-order valence-electron chi connectivity index (χ4n) is 3.20. The minimum absolute atomic E-state index is 0.107. The van der Waals surface area contributed by atoms with Gasteiger partial charge >= 0.3 is 0 Å². The van der Waals surface area contributed by atoms with Gasteiger partial charge in [-0.15, -0.1) is 0 Å². The Labute approximate surface area is 123 Å². The lowest BCUT2D eigenvalue weighted by molar-refractivity contribution is -0.128. The lowest BCUT2D eigenvalue weighted by Gasteiger charge is -2.20. The quantitative estimate of drug-likeness (QED) is 0.779. The first-order valence-electron chi connectivity index (χ1n) is 7.90. The molecule has 20 heavy (non-hydrogen) atoms. The number of carbonyl (C=O) groups excluding carboxylic acids is 2. The molecule has 2 N–H and O–H groups in total. The molecule has 0 spiro atoms. The maximum atomic E-state index is 11.2. The molecule has 0 aromatic heterocycles. The number of carbonyl (C=O) groups is 2. The summed E-state index contributed by atoms with van der Waals surface area (Å²) in [6, 6.07) is 0. The first-order chi connectivity index (χ1) is 9.35. The SMILES string of the molecule is CCCC1(C)CC(=O)NC1=O.CCCC1(C)CCNC1. The van der Waals surface area contributed by atoms with Crippen LogP contribution in [0.15, 0.2) is 0 Å². The van der Waals surface area contributed by atoms with Crippen LogP contribution in [0.2, 0.25) is 0 Å². The molecule has 0 bridgehead atoms. The number of hydrogen-bond donors (Lipinski definition) is 2. The largest absolute Gasteiger partial charge is 0.316 e. The minimum Gasteiger partial charge on any atom is -0.316 e. The first kappa shape index (κ1) is 17.2. The summed E-state index contributed by atoms with van der Waals surface area (Å²) < 4.78 is 0. The molecule has 0 saturated carbocycles. The normalized spacial score (nSPS) is 32.8. The molecule has 4 heteroatoms. The third-order valence-corrected chi connectivity index (χ3v) is 4.46. The van der Waals surface area contributed by atoms with Crippen LogP contribution in [0.3, 0.4) is 0 Å². The van der Waals surface area contributed by atoms with E-state index in [4.69, 9.17) is 0 Å². The number of imide groups is 1. The topological polar surface area (TPSA) is 58.2 Å². The molecule has 2 unspecified atom stereocenters. The maximum Gasteiger partial charge on any atom is 0.233 e. The Morgan fingerprint density at radius 1 is 1.10 bits per heavy atom. The molecule has 0 radical (unpaired) electrons. The van der Waals surface area contributed by atoms with Crippen molar-refractivity contribution in [2.75, 3.05) is 13.1 Å². The van der Waals surface area contributed by atoms with Gasteiger partial charge in [-0.3, -0.25) is 14.9 Å². The molecule has 2 amide bonds. The van der Waals surface area contributed by atoms with Crippen LogP contribution in [-0.2, 0) is 9.59 Å². The molecule has 0 aromatic carbocycles. The van der Waals surface area contributed by atoms with Gasteiger partial charge < -0.3 is 5.32 Å². The predicted molar refractivity (Wildman–Crippen MR) is 81.3 cm³/mol. The van der Waals surface area contributed by atoms with E-state index in [1.165, 1.54) is 32.4 Å². The summed E-state index contributed by atoms with van der Waals surface area (Å²) in [5.41, 5.74) is 0.209. The summed E-state index contributed by atoms with van der Waals surface area (Å²) in [4.78, 5) is 22.0. The predicted octanol–water partition coefficient (Wildman–Crippen LogP) is 2.63. The third kappa shape index (κ3) is 4.58. The Bertz CT molecular complexity index is 348. The van der Waals surface area contributed by atoms with Crippen molar-refractivity contribution in [3.8, 4) is 0 Å². The van der Waals surface area contributed by atoms with Crippen LogP contribution < -0.4 is 10.6 Å². The Morgan fingerprint density at radius 3 is 2.15 bits per heavy atom. The highest BCUT2D eigenvalue weighted by molar-refractivity contribution is 6.05. The standard InChI is InChI=1S/C8H13NO2.C8H17N/c1-3-4-8(2)5-6(10)9-7(8)11;1-3-4-8(2)5-6-9-7-8/h3-5H2,1-2H3,(H,9,10,11);9H,3-7H2,1-2H3. The van der Waals surface area contributed by atoms with Gasteiger partial charge in [0, 0.05) is 13.0 Å². The summed E-state index contributed by atoms with van der Waals surface area (Å²) in [6.07, 6.45) is 6.19. The van der Waals surface area contributed by atoms with Gasteiger partial charge in [-0.1, -0.05) is 40.5 Å². The van der Waals surface area contributed by atoms with Crippen LogP contribution in [0.25, 0.3) is 0 Å². The second-order valence-electron chi connectivity index (χ2n) is 6.85. The highest BCUT2D eigenvalue weighted by atomic mass is 16.2. The smallest absolute Gasteiger partial charge is 0.233 e. The number of nitrogens with one attached hydrogen (secondary N) is 2. The molecule has 116 valence electrons. The second-order valence-corrected chi connectivity index (χ2v) is 6.85. The zero-order chi connectivity index (χ0) is 15.2. The Morgan fingerprint density at radius 2 is 1.75 bits per heavy atom. The van der Waals surface area contributed by atoms with Crippen molar-refractivity contribution in [3.63, 3.8) is 0 Å². The van der Waals surface area contributed by atoms with E-state index in [1.54, 1.807) is 0 Å². The molecule has 4 nitrogen and oxygen atoms in total. The van der Waals surface area contributed by atoms with Crippen LogP contribution in [-0.4, -0.2) is 24.9 Å². The summed E-state index contributed by atoms with van der Waals surface area (Å²) in [5.74, 6) is -0.240. The summed E-state index contributed by atoms with van der Waals surface area (Å²) in [5, 5.41) is 5.71. The molecule has 2 heterocycles. The lowest BCUT2D eigenvalue weighted by atomic mass is 9.84. The van der Waals surface area contributed by atoms with Crippen molar-refractivity contribution in [3.05, 3.63) is 0 Å². The Kier molecular flexibility index (Phi) is 6.18. The number of hydrogen-bond acceptors (Lipinski definition) is 3. The first-order valence-corrected chi connectivity index (χ1v) is 7.90. The van der Waals surface area contributed by atoms with Crippen LogP contribution in [0.1, 0.15) is 66.2 Å². The van der Waals surface area contributed by atoms with E-state index >= 15 is 0 Å². The van der Waals surface area contributed by atoms with Crippen LogP contribution >= 0.6 is 0 Å². The number of amides is 2. The molecule has 2 atom stereocenters. The van der Waals surface area contributed by atoms with Crippen LogP contribution in [0.4, 0.5) is 0 Å². The van der Waals surface area contributed by atoms with Gasteiger partial charge in [-0.25, -0.2) is 0 Å². The highest BCUT2D eigenvalue weighted by Crippen LogP contribution is 2.31. The minimum atomic E-state index is -0.425. The fraction of sp³-hybridized carbons (Fsp3) is 0.875. The molecule has 2 aliphatic rings. The van der Waals surface area contributed by atoms with Crippen molar-refractivity contribution >= 4 is 11.8 Å². The highest BCUT2D eigenvalue weighted by Gasteiger charge is 2.41. The van der Waals surface area contributed by atoms with Gasteiger partial charge in [0.05, 0.1) is 5.41 Å². The van der Waals surface area contributed by atoms with Gasteiger partial charge in [0.15, 0.2) is 0 Å². The van der Waals surface area contributed by atoms with E-state index in [-0.39, 0.29) is 11.8 Å². The van der Waals surface area contributed by atoms with E-state index in [9.17, 15) is 9.59 Å². The monoisotopic (exact) mass is 282 g/mol. The molecule has 2 saturated heterocycles. The molecule has 2 fully saturated rings. The lowest BCUT2D eigenvalue weighted by Crippen LogP contribution is -2.28. The molecule has 0 aliphatic carbocycles. The zero-order valence-electron chi connectivity index (χ0n) is 13.5. The average molecular weight is 282 g/mol. The molecular formula is C16H30N2O2. The van der Waals surface area contributed by atoms with Gasteiger partial charge in [-0.2, -0.15) is 0 Å². The van der Waals surface area contributed by atoms with Crippen molar-refractivity contribution in [2.45, 2.75) is 66.2 Å². The summed E-state index contributed by atoms with van der Waals surface area (Å²) >= 11 is 0. The summed E-state index contributed by atoms with van der Waals surface area (Å²) in [6.45, 7) is 11.0. The molecule has 0 aromatic rings. The van der Waals surface area contributed by atoms with E-state index in [0.29, 0.717) is 11.8 Å². The van der Waals surface area contributed by atoms with Gasteiger partial charge in [0.1, 0.15) is 0 Å². The van der Waals surface area contributed by atoms with Crippen molar-refractivity contribution in [1.82, 2.24) is 10.6 Å². The third-order valence-electron chi connectivity index (χ3n) is 4.46. The van der Waals surface area contributed by atoms with E-state index in [1.807, 2.05) is 13.8 Å². The van der Waals surface area contributed by atoms with Gasteiger partial charge in [-0.05, 0) is 31.2 Å². The van der Waals surface area contributed by atoms with Gasteiger partial charge in [0.25, 0.3) is 0 Å². The van der Waals surface area contributed by atoms with E-state index < -0.39 is 5.41 Å². The molecule has 2 aliphatic heterocycles. The van der Waals surface area contributed by atoms with Crippen molar-refractivity contribution < 1.29 is 9.59 Å².